The second-order valence-electron chi connectivity index (χ2n) is 6.73. The van der Waals surface area contributed by atoms with E-state index < -0.39 is 0 Å². The highest BCUT2D eigenvalue weighted by molar-refractivity contribution is 5.87. The Kier molecular flexibility index (Phi) is 5.19. The molecular formula is C22H24N6. The molecule has 4 rings (SSSR count). The van der Waals surface area contributed by atoms with Crippen LogP contribution < -0.4 is 10.6 Å². The number of benzene rings is 2. The lowest BCUT2D eigenvalue weighted by Crippen LogP contribution is -2.39. The van der Waals surface area contributed by atoms with E-state index in [1.165, 1.54) is 16.3 Å². The molecular weight excluding hydrogens is 348 g/mol. The van der Waals surface area contributed by atoms with Crippen LogP contribution in [0, 0.1) is 0 Å². The first-order chi connectivity index (χ1) is 13.8. The van der Waals surface area contributed by atoms with Gasteiger partial charge in [-0.15, -0.1) is 10.2 Å². The van der Waals surface area contributed by atoms with Gasteiger partial charge < -0.3 is 10.6 Å². The summed E-state index contributed by atoms with van der Waals surface area (Å²) >= 11 is 0. The monoisotopic (exact) mass is 372 g/mol. The van der Waals surface area contributed by atoms with Crippen molar-refractivity contribution in [3.05, 3.63) is 78.2 Å². The molecule has 0 fully saturated rings. The zero-order valence-electron chi connectivity index (χ0n) is 16.1. The van der Waals surface area contributed by atoms with Gasteiger partial charge >= 0.3 is 0 Å². The third-order valence-corrected chi connectivity index (χ3v) is 4.89. The molecule has 2 aromatic heterocycles. The molecule has 0 aliphatic heterocycles. The number of aromatic nitrogens is 3. The summed E-state index contributed by atoms with van der Waals surface area (Å²) in [6.07, 6.45) is 2.74. The molecule has 6 nitrogen and oxygen atoms in total. The summed E-state index contributed by atoms with van der Waals surface area (Å²) in [4.78, 5) is 4.37. The van der Waals surface area contributed by atoms with Crippen LogP contribution in [0.25, 0.3) is 16.4 Å². The highest BCUT2D eigenvalue weighted by Crippen LogP contribution is 2.23. The molecule has 0 aliphatic rings. The molecule has 0 amide bonds. The Bertz CT molecular complexity index is 1110. The number of nitrogens with one attached hydrogen (secondary N) is 2. The number of hydrogen-bond acceptors (Lipinski definition) is 3. The number of rotatable bonds is 5. The van der Waals surface area contributed by atoms with Crippen LogP contribution >= 0.6 is 0 Å². The van der Waals surface area contributed by atoms with Crippen molar-refractivity contribution in [3.63, 3.8) is 0 Å². The minimum absolute atomic E-state index is 0.131. The number of guanidine groups is 1. The molecule has 2 aromatic carbocycles. The highest BCUT2D eigenvalue weighted by Gasteiger charge is 2.11. The summed E-state index contributed by atoms with van der Waals surface area (Å²) in [5.41, 5.74) is 2.12. The smallest absolute Gasteiger partial charge is 0.191 e. The summed E-state index contributed by atoms with van der Waals surface area (Å²) in [5.74, 6) is 1.70. The van der Waals surface area contributed by atoms with Gasteiger partial charge in [-0.25, -0.2) is 0 Å². The van der Waals surface area contributed by atoms with Crippen LogP contribution in [0.15, 0.2) is 71.9 Å². The molecule has 2 heterocycles. The van der Waals surface area contributed by atoms with Gasteiger partial charge in [0, 0.05) is 26.2 Å². The van der Waals surface area contributed by atoms with Crippen LogP contribution in [0.3, 0.4) is 0 Å². The van der Waals surface area contributed by atoms with Crippen LogP contribution in [-0.2, 0) is 6.42 Å². The minimum Gasteiger partial charge on any atom is -0.356 e. The third kappa shape index (κ3) is 3.67. The zero-order valence-corrected chi connectivity index (χ0v) is 16.1. The second kappa shape index (κ2) is 8.08. The Morgan fingerprint density at radius 2 is 1.86 bits per heavy atom. The lowest BCUT2D eigenvalue weighted by atomic mass is 10.00. The fourth-order valence-electron chi connectivity index (χ4n) is 3.46. The Morgan fingerprint density at radius 3 is 2.75 bits per heavy atom. The molecule has 0 spiro atoms. The number of aliphatic imine (C=N–C) groups is 1. The molecule has 0 bridgehead atoms. The van der Waals surface area contributed by atoms with E-state index in [1.807, 2.05) is 28.8 Å². The zero-order chi connectivity index (χ0) is 19.3. The average molecular weight is 372 g/mol. The fraction of sp³-hybridized carbons (Fsp3) is 0.227. The van der Waals surface area contributed by atoms with Crippen molar-refractivity contribution in [1.82, 2.24) is 25.2 Å². The van der Waals surface area contributed by atoms with Crippen molar-refractivity contribution in [2.45, 2.75) is 19.4 Å². The van der Waals surface area contributed by atoms with E-state index in [0.29, 0.717) is 0 Å². The number of pyridine rings is 1. The Labute approximate surface area is 164 Å². The van der Waals surface area contributed by atoms with Crippen LogP contribution in [0.1, 0.15) is 24.4 Å². The Hall–Kier alpha value is -3.41. The van der Waals surface area contributed by atoms with Gasteiger partial charge in [-0.05, 0) is 35.4 Å². The number of nitrogens with zero attached hydrogens (tertiary/aromatic N) is 4. The molecule has 4 aromatic rings. The largest absolute Gasteiger partial charge is 0.356 e. The lowest BCUT2D eigenvalue weighted by molar-refractivity contribution is 0.684. The van der Waals surface area contributed by atoms with Gasteiger partial charge in [0.15, 0.2) is 11.6 Å². The van der Waals surface area contributed by atoms with Crippen LogP contribution in [0.2, 0.25) is 0 Å². The van der Waals surface area contributed by atoms with Gasteiger partial charge in [-0.3, -0.25) is 9.39 Å². The van der Waals surface area contributed by atoms with Crippen molar-refractivity contribution in [2.24, 2.45) is 4.99 Å². The van der Waals surface area contributed by atoms with E-state index in [0.717, 1.165) is 30.4 Å². The third-order valence-electron chi connectivity index (χ3n) is 4.89. The van der Waals surface area contributed by atoms with Gasteiger partial charge in [0.2, 0.25) is 0 Å². The highest BCUT2D eigenvalue weighted by atomic mass is 15.2. The molecule has 2 N–H and O–H groups in total. The maximum absolute atomic E-state index is 4.37. The normalized spacial score (nSPS) is 13.0. The Balaban J connectivity index is 1.40. The maximum atomic E-state index is 4.37. The predicted molar refractivity (Wildman–Crippen MR) is 114 cm³/mol. The average Bonchev–Trinajstić information content (AvgIpc) is 3.15. The first-order valence-corrected chi connectivity index (χ1v) is 9.50. The van der Waals surface area contributed by atoms with E-state index in [4.69, 9.17) is 0 Å². The van der Waals surface area contributed by atoms with E-state index in [2.05, 4.69) is 75.2 Å². The topological polar surface area (TPSA) is 66.6 Å². The molecule has 6 heteroatoms. The summed E-state index contributed by atoms with van der Waals surface area (Å²) in [6, 6.07) is 20.9. The van der Waals surface area contributed by atoms with Crippen LogP contribution in [0.4, 0.5) is 0 Å². The van der Waals surface area contributed by atoms with Gasteiger partial charge in [0.05, 0.1) is 6.04 Å². The standard InChI is InChI=1S/C22H24N6/c1-16(18-11-7-9-17-8-3-4-10-19(17)18)25-22(23-2)24-14-13-21-27-26-20-12-5-6-15-28(20)21/h3-12,15-16H,13-14H2,1-2H3,(H2,23,24,25). The summed E-state index contributed by atoms with van der Waals surface area (Å²) < 4.78 is 2.01. The van der Waals surface area contributed by atoms with E-state index >= 15 is 0 Å². The van der Waals surface area contributed by atoms with Gasteiger partial charge in [0.1, 0.15) is 5.82 Å². The molecule has 0 aliphatic carbocycles. The van der Waals surface area contributed by atoms with Crippen LogP contribution in [0.5, 0.6) is 0 Å². The van der Waals surface area contributed by atoms with Gasteiger partial charge in [0.25, 0.3) is 0 Å². The van der Waals surface area contributed by atoms with E-state index in [-0.39, 0.29) is 6.04 Å². The van der Waals surface area contributed by atoms with Crippen molar-refractivity contribution in [2.75, 3.05) is 13.6 Å². The van der Waals surface area contributed by atoms with Crippen molar-refractivity contribution < 1.29 is 0 Å². The molecule has 142 valence electrons. The first-order valence-electron chi connectivity index (χ1n) is 9.50. The van der Waals surface area contributed by atoms with E-state index in [9.17, 15) is 0 Å². The maximum Gasteiger partial charge on any atom is 0.191 e. The van der Waals surface area contributed by atoms with Crippen molar-refractivity contribution in [1.29, 1.82) is 0 Å². The lowest BCUT2D eigenvalue weighted by Gasteiger charge is -2.19. The Morgan fingerprint density at radius 1 is 1.04 bits per heavy atom. The fourth-order valence-corrected chi connectivity index (χ4v) is 3.46. The first kappa shape index (κ1) is 18.0. The molecule has 1 atom stereocenters. The molecule has 28 heavy (non-hydrogen) atoms. The second-order valence-corrected chi connectivity index (χ2v) is 6.73. The quantitative estimate of drug-likeness (QED) is 0.416. The van der Waals surface area contributed by atoms with E-state index in [1.54, 1.807) is 7.05 Å². The van der Waals surface area contributed by atoms with Gasteiger partial charge in [-0.1, -0.05) is 48.5 Å². The number of fused-ring (bicyclic) bond motifs is 2. The molecule has 1 unspecified atom stereocenters. The van der Waals surface area contributed by atoms with Crippen molar-refractivity contribution in [3.8, 4) is 0 Å². The molecule has 0 radical (unpaired) electrons. The van der Waals surface area contributed by atoms with Crippen molar-refractivity contribution >= 4 is 22.4 Å². The number of hydrogen-bond donors (Lipinski definition) is 2. The molecule has 0 saturated heterocycles. The summed E-state index contributed by atoms with van der Waals surface area (Å²) in [5, 5.41) is 17.8. The van der Waals surface area contributed by atoms with Gasteiger partial charge in [-0.2, -0.15) is 0 Å². The summed E-state index contributed by atoms with van der Waals surface area (Å²) in [6.45, 7) is 2.87. The molecule has 0 saturated carbocycles. The minimum atomic E-state index is 0.131. The summed E-state index contributed by atoms with van der Waals surface area (Å²) in [7, 11) is 1.79. The van der Waals surface area contributed by atoms with Crippen LogP contribution in [-0.4, -0.2) is 34.2 Å². The SMILES string of the molecule is CN=C(NCCc1nnc2ccccn12)NC(C)c1cccc2ccccc12. The predicted octanol–water partition coefficient (Wildman–Crippen LogP) is 3.35.